The maximum absolute atomic E-state index is 4.29. The van der Waals surface area contributed by atoms with E-state index in [-0.39, 0.29) is 0 Å². The maximum atomic E-state index is 4.29. The summed E-state index contributed by atoms with van der Waals surface area (Å²) in [6, 6.07) is 0. The summed E-state index contributed by atoms with van der Waals surface area (Å²) >= 11 is 0. The third kappa shape index (κ3) is 2.17. The van der Waals surface area contributed by atoms with Gasteiger partial charge in [0, 0.05) is 12.7 Å². The second kappa shape index (κ2) is 4.16. The van der Waals surface area contributed by atoms with E-state index >= 15 is 0 Å². The van der Waals surface area contributed by atoms with Gasteiger partial charge in [-0.1, -0.05) is 33.6 Å². The Hall–Kier alpha value is -0.790. The van der Waals surface area contributed by atoms with Crippen LogP contribution in [0.2, 0.25) is 0 Å². The molecule has 0 N–H and O–H groups in total. The van der Waals surface area contributed by atoms with Gasteiger partial charge in [-0.2, -0.15) is 5.10 Å². The van der Waals surface area contributed by atoms with Crippen LogP contribution in [0.4, 0.5) is 0 Å². The summed E-state index contributed by atoms with van der Waals surface area (Å²) in [4.78, 5) is 0. The zero-order valence-corrected chi connectivity index (χ0v) is 10.1. The van der Waals surface area contributed by atoms with Crippen molar-refractivity contribution in [3.63, 3.8) is 0 Å². The Balaban J connectivity index is 2.82. The fraction of sp³-hybridized carbons (Fsp3) is 0.750. The smallest absolute Gasteiger partial charge is 0.0524 e. The fourth-order valence-corrected chi connectivity index (χ4v) is 1.68. The summed E-state index contributed by atoms with van der Waals surface area (Å²) in [5, 5.41) is 4.29. The van der Waals surface area contributed by atoms with E-state index in [0.29, 0.717) is 5.41 Å². The van der Waals surface area contributed by atoms with Gasteiger partial charge in [0.1, 0.15) is 0 Å². The lowest BCUT2D eigenvalue weighted by Gasteiger charge is -2.26. The quantitative estimate of drug-likeness (QED) is 0.720. The molecule has 0 bridgehead atoms. The lowest BCUT2D eigenvalue weighted by Crippen LogP contribution is -2.17. The lowest BCUT2D eigenvalue weighted by atomic mass is 9.79. The highest BCUT2D eigenvalue weighted by Gasteiger charge is 2.21. The first-order valence-electron chi connectivity index (χ1n) is 5.50. The average molecular weight is 194 g/mol. The van der Waals surface area contributed by atoms with Crippen LogP contribution in [0.3, 0.4) is 0 Å². The average Bonchev–Trinajstić information content (AvgIpc) is 2.49. The number of nitrogens with zero attached hydrogens (tertiary/aromatic N) is 2. The molecule has 0 aromatic carbocycles. The Bertz CT molecular complexity index is 295. The minimum Gasteiger partial charge on any atom is -0.273 e. The lowest BCUT2D eigenvalue weighted by molar-refractivity contribution is 0.295. The number of aryl methyl sites for hydroxylation is 1. The molecule has 80 valence electrons. The molecule has 2 heteroatoms. The molecule has 14 heavy (non-hydrogen) atoms. The molecule has 1 aromatic rings. The number of hydrogen-bond donors (Lipinski definition) is 0. The number of hydrogen-bond acceptors (Lipinski definition) is 1. The molecule has 0 radical (unpaired) electrons. The van der Waals surface area contributed by atoms with Crippen LogP contribution in [-0.2, 0) is 13.5 Å². The topological polar surface area (TPSA) is 17.8 Å². The van der Waals surface area contributed by atoms with Crippen molar-refractivity contribution >= 4 is 0 Å². The van der Waals surface area contributed by atoms with Crippen molar-refractivity contribution in [1.29, 1.82) is 0 Å². The fourth-order valence-electron chi connectivity index (χ4n) is 1.68. The van der Waals surface area contributed by atoms with Crippen LogP contribution in [0, 0.1) is 12.3 Å². The third-order valence-electron chi connectivity index (χ3n) is 3.66. The van der Waals surface area contributed by atoms with Crippen LogP contribution < -0.4 is 0 Å². The summed E-state index contributed by atoms with van der Waals surface area (Å²) in [6.07, 6.45) is 5.63. The Morgan fingerprint density at radius 1 is 1.36 bits per heavy atom. The molecule has 1 aromatic heterocycles. The highest BCUT2D eigenvalue weighted by molar-refractivity contribution is 5.17. The van der Waals surface area contributed by atoms with Crippen LogP contribution in [0.5, 0.6) is 0 Å². The Morgan fingerprint density at radius 3 is 2.29 bits per heavy atom. The zero-order valence-electron chi connectivity index (χ0n) is 10.1. The van der Waals surface area contributed by atoms with Crippen molar-refractivity contribution in [1.82, 2.24) is 9.78 Å². The summed E-state index contributed by atoms with van der Waals surface area (Å²) in [6.45, 7) is 9.05. The first-order chi connectivity index (χ1) is 6.52. The number of rotatable bonds is 4. The van der Waals surface area contributed by atoms with E-state index in [9.17, 15) is 0 Å². The standard InChI is InChI=1S/C12H22N2/c1-6-12(4,7-2)8-11-9-13-14(5)10(11)3/h9H,6-8H2,1-5H3. The van der Waals surface area contributed by atoms with E-state index < -0.39 is 0 Å². The van der Waals surface area contributed by atoms with E-state index in [0.717, 1.165) is 6.42 Å². The highest BCUT2D eigenvalue weighted by Crippen LogP contribution is 2.30. The van der Waals surface area contributed by atoms with E-state index in [2.05, 4.69) is 32.8 Å². The molecule has 0 aliphatic carbocycles. The molecule has 0 saturated heterocycles. The van der Waals surface area contributed by atoms with Gasteiger partial charge in [-0.3, -0.25) is 4.68 Å². The molecule has 0 unspecified atom stereocenters. The van der Waals surface area contributed by atoms with Gasteiger partial charge in [0.05, 0.1) is 6.20 Å². The predicted molar refractivity (Wildman–Crippen MR) is 60.3 cm³/mol. The van der Waals surface area contributed by atoms with E-state index in [1.54, 1.807) is 0 Å². The van der Waals surface area contributed by atoms with E-state index in [4.69, 9.17) is 0 Å². The molecule has 0 atom stereocenters. The molecular formula is C12H22N2. The Labute approximate surface area is 87.3 Å². The summed E-state index contributed by atoms with van der Waals surface area (Å²) < 4.78 is 1.96. The molecule has 1 heterocycles. The zero-order chi connectivity index (χ0) is 10.8. The summed E-state index contributed by atoms with van der Waals surface area (Å²) in [5.74, 6) is 0. The minimum absolute atomic E-state index is 0.438. The second-order valence-electron chi connectivity index (χ2n) is 4.57. The van der Waals surface area contributed by atoms with Crippen LogP contribution in [0.15, 0.2) is 6.20 Å². The Morgan fingerprint density at radius 2 is 1.93 bits per heavy atom. The first-order valence-corrected chi connectivity index (χ1v) is 5.50. The van der Waals surface area contributed by atoms with Gasteiger partial charge in [0.2, 0.25) is 0 Å². The van der Waals surface area contributed by atoms with Gasteiger partial charge in [-0.05, 0) is 24.3 Å². The molecule has 0 saturated carbocycles. The number of aromatic nitrogens is 2. The molecule has 0 fully saturated rings. The van der Waals surface area contributed by atoms with Gasteiger partial charge >= 0.3 is 0 Å². The second-order valence-corrected chi connectivity index (χ2v) is 4.57. The molecular weight excluding hydrogens is 172 g/mol. The molecule has 0 aliphatic rings. The van der Waals surface area contributed by atoms with Crippen LogP contribution >= 0.6 is 0 Å². The van der Waals surface area contributed by atoms with Gasteiger partial charge in [-0.25, -0.2) is 0 Å². The SMILES string of the molecule is CCC(C)(CC)Cc1cnn(C)c1C. The molecule has 2 nitrogen and oxygen atoms in total. The molecule has 0 amide bonds. The van der Waals surface area contributed by atoms with Crippen molar-refractivity contribution in [2.45, 2.75) is 47.0 Å². The summed E-state index contributed by atoms with van der Waals surface area (Å²) in [7, 11) is 2.01. The largest absolute Gasteiger partial charge is 0.273 e. The monoisotopic (exact) mass is 194 g/mol. The highest BCUT2D eigenvalue weighted by atomic mass is 15.3. The Kier molecular flexibility index (Phi) is 3.35. The van der Waals surface area contributed by atoms with Crippen molar-refractivity contribution in [2.24, 2.45) is 12.5 Å². The van der Waals surface area contributed by atoms with Crippen LogP contribution in [0.1, 0.15) is 44.9 Å². The molecule has 1 rings (SSSR count). The van der Waals surface area contributed by atoms with Crippen LogP contribution in [0.25, 0.3) is 0 Å². The van der Waals surface area contributed by atoms with Crippen molar-refractivity contribution in [2.75, 3.05) is 0 Å². The first kappa shape index (κ1) is 11.3. The summed E-state index contributed by atoms with van der Waals surface area (Å²) in [5.41, 5.74) is 3.14. The van der Waals surface area contributed by atoms with E-state index in [1.165, 1.54) is 24.1 Å². The van der Waals surface area contributed by atoms with Crippen molar-refractivity contribution in [3.8, 4) is 0 Å². The van der Waals surface area contributed by atoms with Crippen molar-refractivity contribution < 1.29 is 0 Å². The van der Waals surface area contributed by atoms with E-state index in [1.807, 2.05) is 17.9 Å². The third-order valence-corrected chi connectivity index (χ3v) is 3.66. The normalized spacial score (nSPS) is 12.1. The van der Waals surface area contributed by atoms with Crippen molar-refractivity contribution in [3.05, 3.63) is 17.5 Å². The van der Waals surface area contributed by atoms with Crippen LogP contribution in [-0.4, -0.2) is 9.78 Å². The molecule has 0 aliphatic heterocycles. The minimum atomic E-state index is 0.438. The van der Waals surface area contributed by atoms with Gasteiger partial charge in [-0.15, -0.1) is 0 Å². The maximum Gasteiger partial charge on any atom is 0.0524 e. The van der Waals surface area contributed by atoms with Gasteiger partial charge in [0.25, 0.3) is 0 Å². The van der Waals surface area contributed by atoms with Gasteiger partial charge in [0.15, 0.2) is 0 Å². The van der Waals surface area contributed by atoms with Gasteiger partial charge < -0.3 is 0 Å². The molecule has 0 spiro atoms. The predicted octanol–water partition coefficient (Wildman–Crippen LogP) is 3.10.